The van der Waals surface area contributed by atoms with E-state index in [1.54, 1.807) is 6.07 Å². The molecule has 1 aromatic rings. The van der Waals surface area contributed by atoms with E-state index in [1.807, 2.05) is 0 Å². The SMILES string of the molecule is N=C(N)c1cc(F)ccc1N1CCC(N2CCCC2)C1. The predicted molar refractivity (Wildman–Crippen MR) is 78.8 cm³/mol. The Bertz CT molecular complexity index is 511. The normalized spacial score (nSPS) is 23.4. The Labute approximate surface area is 118 Å². The molecule has 20 heavy (non-hydrogen) atoms. The molecule has 3 rings (SSSR count). The quantitative estimate of drug-likeness (QED) is 0.653. The highest BCUT2D eigenvalue weighted by atomic mass is 19.1. The van der Waals surface area contributed by atoms with Crippen LogP contribution >= 0.6 is 0 Å². The number of benzene rings is 1. The third-order valence-electron chi connectivity index (χ3n) is 4.41. The van der Waals surface area contributed by atoms with Gasteiger partial charge in [-0.05, 0) is 50.6 Å². The maximum atomic E-state index is 13.3. The molecule has 0 spiro atoms. The first-order chi connectivity index (χ1) is 9.65. The number of nitrogens with one attached hydrogen (secondary N) is 1. The Morgan fingerprint density at radius 3 is 2.70 bits per heavy atom. The standard InChI is InChI=1S/C15H21FN4/c16-11-3-4-14(13(9-11)15(17)18)20-8-5-12(10-20)19-6-1-2-7-19/h3-4,9,12H,1-2,5-8,10H2,(H3,17,18). The number of amidine groups is 1. The Hall–Kier alpha value is -1.62. The van der Waals surface area contributed by atoms with Crippen LogP contribution in [0, 0.1) is 11.2 Å². The first-order valence-electron chi connectivity index (χ1n) is 7.28. The van der Waals surface area contributed by atoms with E-state index in [1.165, 1.54) is 38.1 Å². The summed E-state index contributed by atoms with van der Waals surface area (Å²) < 4.78 is 13.3. The zero-order valence-corrected chi connectivity index (χ0v) is 11.6. The molecule has 2 saturated heterocycles. The maximum absolute atomic E-state index is 13.3. The molecule has 1 unspecified atom stereocenters. The van der Waals surface area contributed by atoms with Gasteiger partial charge in [-0.1, -0.05) is 0 Å². The molecule has 0 aromatic heterocycles. The van der Waals surface area contributed by atoms with Gasteiger partial charge in [-0.3, -0.25) is 10.3 Å². The van der Waals surface area contributed by atoms with Gasteiger partial charge in [0.1, 0.15) is 11.7 Å². The van der Waals surface area contributed by atoms with Crippen LogP contribution in [0.1, 0.15) is 24.8 Å². The van der Waals surface area contributed by atoms with Gasteiger partial charge in [0.25, 0.3) is 0 Å². The number of hydrogen-bond acceptors (Lipinski definition) is 3. The molecule has 0 bridgehead atoms. The third kappa shape index (κ3) is 2.50. The van der Waals surface area contributed by atoms with E-state index in [4.69, 9.17) is 11.1 Å². The van der Waals surface area contributed by atoms with E-state index in [-0.39, 0.29) is 11.7 Å². The lowest BCUT2D eigenvalue weighted by Gasteiger charge is -2.25. The number of nitrogen functional groups attached to an aromatic ring is 1. The molecule has 0 aliphatic carbocycles. The van der Waals surface area contributed by atoms with Crippen molar-refractivity contribution in [3.8, 4) is 0 Å². The van der Waals surface area contributed by atoms with Gasteiger partial charge in [0.15, 0.2) is 0 Å². The van der Waals surface area contributed by atoms with Crippen molar-refractivity contribution in [1.82, 2.24) is 4.90 Å². The van der Waals surface area contributed by atoms with E-state index >= 15 is 0 Å². The molecular formula is C15H21FN4. The molecule has 1 atom stereocenters. The third-order valence-corrected chi connectivity index (χ3v) is 4.41. The van der Waals surface area contributed by atoms with Crippen LogP contribution in [0.15, 0.2) is 18.2 Å². The fourth-order valence-electron chi connectivity index (χ4n) is 3.37. The van der Waals surface area contributed by atoms with Crippen molar-refractivity contribution < 1.29 is 4.39 Å². The van der Waals surface area contributed by atoms with Gasteiger partial charge in [-0.2, -0.15) is 0 Å². The number of nitrogens with two attached hydrogens (primary N) is 1. The number of rotatable bonds is 3. The number of anilines is 1. The van der Waals surface area contributed by atoms with E-state index in [9.17, 15) is 4.39 Å². The van der Waals surface area contributed by atoms with Gasteiger partial charge in [0, 0.05) is 30.4 Å². The van der Waals surface area contributed by atoms with Gasteiger partial charge in [-0.25, -0.2) is 4.39 Å². The average molecular weight is 276 g/mol. The Kier molecular flexibility index (Phi) is 3.61. The fraction of sp³-hybridized carbons (Fsp3) is 0.533. The number of hydrogen-bond donors (Lipinski definition) is 2. The van der Waals surface area contributed by atoms with Crippen molar-refractivity contribution in [2.75, 3.05) is 31.1 Å². The van der Waals surface area contributed by atoms with Crippen LogP contribution in [0.25, 0.3) is 0 Å². The van der Waals surface area contributed by atoms with Crippen LogP contribution < -0.4 is 10.6 Å². The van der Waals surface area contributed by atoms with Crippen LogP contribution in [0.5, 0.6) is 0 Å². The number of nitrogens with zero attached hydrogens (tertiary/aromatic N) is 2. The average Bonchev–Trinajstić information content (AvgIpc) is 3.09. The van der Waals surface area contributed by atoms with Crippen molar-refractivity contribution in [3.63, 3.8) is 0 Å². The van der Waals surface area contributed by atoms with Crippen molar-refractivity contribution in [1.29, 1.82) is 5.41 Å². The molecule has 0 radical (unpaired) electrons. The summed E-state index contributed by atoms with van der Waals surface area (Å²) in [4.78, 5) is 4.79. The molecule has 2 aliphatic heterocycles. The van der Waals surface area contributed by atoms with Crippen molar-refractivity contribution >= 4 is 11.5 Å². The van der Waals surface area contributed by atoms with Crippen LogP contribution in [-0.2, 0) is 0 Å². The first kappa shape index (κ1) is 13.4. The highest BCUT2D eigenvalue weighted by Gasteiger charge is 2.30. The van der Waals surface area contributed by atoms with Gasteiger partial charge in [-0.15, -0.1) is 0 Å². The summed E-state index contributed by atoms with van der Waals surface area (Å²) >= 11 is 0. The fourth-order valence-corrected chi connectivity index (χ4v) is 3.37. The van der Waals surface area contributed by atoms with Gasteiger partial charge in [0.05, 0.1) is 0 Å². The zero-order valence-electron chi connectivity index (χ0n) is 11.6. The molecule has 5 heteroatoms. The Morgan fingerprint density at radius 1 is 1.25 bits per heavy atom. The highest BCUT2D eigenvalue weighted by molar-refractivity contribution is 6.00. The molecule has 108 valence electrons. The number of likely N-dealkylation sites (tertiary alicyclic amines) is 1. The van der Waals surface area contributed by atoms with Crippen molar-refractivity contribution in [3.05, 3.63) is 29.6 Å². The summed E-state index contributed by atoms with van der Waals surface area (Å²) in [5, 5.41) is 7.63. The number of halogens is 1. The highest BCUT2D eigenvalue weighted by Crippen LogP contribution is 2.28. The summed E-state index contributed by atoms with van der Waals surface area (Å²) in [5.74, 6) is -0.404. The second-order valence-corrected chi connectivity index (χ2v) is 5.71. The lowest BCUT2D eigenvalue weighted by Crippen LogP contribution is -2.35. The minimum absolute atomic E-state index is 0.0656. The predicted octanol–water partition coefficient (Wildman–Crippen LogP) is 1.78. The Morgan fingerprint density at radius 2 is 2.00 bits per heavy atom. The van der Waals surface area contributed by atoms with E-state index in [2.05, 4.69) is 9.80 Å². The minimum Gasteiger partial charge on any atom is -0.384 e. The van der Waals surface area contributed by atoms with Gasteiger partial charge >= 0.3 is 0 Å². The zero-order chi connectivity index (χ0) is 14.1. The summed E-state index contributed by atoms with van der Waals surface area (Å²) in [5.41, 5.74) is 6.98. The monoisotopic (exact) mass is 276 g/mol. The van der Waals surface area contributed by atoms with Crippen LogP contribution in [0.4, 0.5) is 10.1 Å². The lowest BCUT2D eigenvalue weighted by molar-refractivity contribution is 0.260. The summed E-state index contributed by atoms with van der Waals surface area (Å²) in [6.07, 6.45) is 3.73. The summed E-state index contributed by atoms with van der Waals surface area (Å²) in [6.45, 7) is 4.29. The smallest absolute Gasteiger partial charge is 0.125 e. The topological polar surface area (TPSA) is 56.4 Å². The van der Waals surface area contributed by atoms with Gasteiger partial charge in [0.2, 0.25) is 0 Å². The van der Waals surface area contributed by atoms with Crippen molar-refractivity contribution in [2.24, 2.45) is 5.73 Å². The molecular weight excluding hydrogens is 255 g/mol. The van der Waals surface area contributed by atoms with Gasteiger partial charge < -0.3 is 10.6 Å². The summed E-state index contributed by atoms with van der Waals surface area (Å²) in [7, 11) is 0. The molecule has 0 saturated carbocycles. The van der Waals surface area contributed by atoms with E-state index in [0.29, 0.717) is 11.6 Å². The molecule has 4 nitrogen and oxygen atoms in total. The largest absolute Gasteiger partial charge is 0.384 e. The maximum Gasteiger partial charge on any atom is 0.125 e. The first-order valence-corrected chi connectivity index (χ1v) is 7.28. The van der Waals surface area contributed by atoms with Crippen LogP contribution in [0.2, 0.25) is 0 Å². The molecule has 2 fully saturated rings. The molecule has 0 amide bonds. The van der Waals surface area contributed by atoms with Crippen LogP contribution in [0.3, 0.4) is 0 Å². The molecule has 2 aliphatic rings. The molecule has 3 N–H and O–H groups in total. The molecule has 1 aromatic carbocycles. The van der Waals surface area contributed by atoms with Crippen LogP contribution in [-0.4, -0.2) is 43.0 Å². The second-order valence-electron chi connectivity index (χ2n) is 5.71. The van der Waals surface area contributed by atoms with E-state index in [0.717, 1.165) is 25.2 Å². The molecule has 2 heterocycles. The summed E-state index contributed by atoms with van der Waals surface area (Å²) in [6, 6.07) is 5.15. The minimum atomic E-state index is -0.339. The second kappa shape index (κ2) is 5.40. The van der Waals surface area contributed by atoms with E-state index < -0.39 is 0 Å². The van der Waals surface area contributed by atoms with Crippen molar-refractivity contribution in [2.45, 2.75) is 25.3 Å². The lowest BCUT2D eigenvalue weighted by atomic mass is 10.1. The Balaban J connectivity index is 1.78.